The highest BCUT2D eigenvalue weighted by molar-refractivity contribution is 5.79. The number of hydrogen-bond acceptors (Lipinski definition) is 4. The van der Waals surface area contributed by atoms with E-state index in [1.165, 1.54) is 12.8 Å². The summed E-state index contributed by atoms with van der Waals surface area (Å²) in [5.74, 6) is 0.498. The van der Waals surface area contributed by atoms with E-state index in [1.807, 2.05) is 23.8 Å². The minimum atomic E-state index is 0.0188. The van der Waals surface area contributed by atoms with Crippen molar-refractivity contribution in [2.24, 2.45) is 5.92 Å². The molecular weight excluding hydrogens is 292 g/mol. The number of likely N-dealkylation sites (tertiary alicyclic amines) is 1. The molecule has 2 saturated heterocycles. The quantitative estimate of drug-likeness (QED) is 0.795. The molecule has 6 heteroatoms. The summed E-state index contributed by atoms with van der Waals surface area (Å²) in [7, 11) is 1.87. The van der Waals surface area contributed by atoms with Gasteiger partial charge in [-0.2, -0.15) is 0 Å². The van der Waals surface area contributed by atoms with Gasteiger partial charge in [0.2, 0.25) is 11.8 Å². The molecule has 6 nitrogen and oxygen atoms in total. The summed E-state index contributed by atoms with van der Waals surface area (Å²) in [4.78, 5) is 30.9. The third kappa shape index (κ3) is 5.46. The average Bonchev–Trinajstić information content (AvgIpc) is 2.84. The predicted molar refractivity (Wildman–Crippen MR) is 91.2 cm³/mol. The van der Waals surface area contributed by atoms with Gasteiger partial charge in [-0.1, -0.05) is 19.8 Å². The Morgan fingerprint density at radius 1 is 0.913 bits per heavy atom. The molecule has 2 aliphatic rings. The van der Waals surface area contributed by atoms with Crippen LogP contribution in [0.3, 0.4) is 0 Å². The molecule has 0 saturated carbocycles. The molecule has 2 rings (SSSR count). The van der Waals surface area contributed by atoms with Crippen LogP contribution >= 0.6 is 0 Å². The number of piperazine rings is 1. The van der Waals surface area contributed by atoms with Crippen molar-refractivity contribution in [3.8, 4) is 0 Å². The Labute approximate surface area is 140 Å². The first-order valence-electron chi connectivity index (χ1n) is 9.05. The van der Waals surface area contributed by atoms with E-state index in [9.17, 15) is 9.59 Å². The fraction of sp³-hybridized carbons (Fsp3) is 0.882. The molecule has 23 heavy (non-hydrogen) atoms. The number of hydrogen-bond donors (Lipinski definition) is 1. The molecule has 1 N–H and O–H groups in total. The summed E-state index contributed by atoms with van der Waals surface area (Å²) >= 11 is 0. The number of nitrogens with one attached hydrogen (secondary N) is 1. The van der Waals surface area contributed by atoms with Crippen molar-refractivity contribution in [2.45, 2.75) is 32.6 Å². The van der Waals surface area contributed by atoms with Crippen LogP contribution in [0.5, 0.6) is 0 Å². The fourth-order valence-corrected chi connectivity index (χ4v) is 3.44. The molecule has 2 heterocycles. The lowest BCUT2D eigenvalue weighted by Crippen LogP contribution is -2.53. The smallest absolute Gasteiger partial charge is 0.236 e. The second-order valence-corrected chi connectivity index (χ2v) is 6.86. The highest BCUT2D eigenvalue weighted by Gasteiger charge is 2.26. The lowest BCUT2D eigenvalue weighted by atomic mass is 10.1. The topological polar surface area (TPSA) is 55.9 Å². The Kier molecular flexibility index (Phi) is 7.30. The van der Waals surface area contributed by atoms with Crippen LogP contribution in [0.1, 0.15) is 32.6 Å². The first-order valence-corrected chi connectivity index (χ1v) is 9.05. The van der Waals surface area contributed by atoms with Crippen LogP contribution in [-0.4, -0.2) is 85.9 Å². The molecule has 0 aliphatic carbocycles. The zero-order valence-electron chi connectivity index (χ0n) is 14.7. The van der Waals surface area contributed by atoms with Gasteiger partial charge in [0.15, 0.2) is 0 Å². The Morgan fingerprint density at radius 3 is 2.09 bits per heavy atom. The van der Waals surface area contributed by atoms with E-state index in [4.69, 9.17) is 0 Å². The van der Waals surface area contributed by atoms with Gasteiger partial charge in [0.05, 0.1) is 6.54 Å². The van der Waals surface area contributed by atoms with Crippen LogP contribution in [0.4, 0.5) is 0 Å². The molecule has 0 spiro atoms. The Hall–Kier alpha value is -1.14. The van der Waals surface area contributed by atoms with Crippen molar-refractivity contribution >= 4 is 11.8 Å². The number of carbonyl (C=O) groups is 2. The van der Waals surface area contributed by atoms with Gasteiger partial charge >= 0.3 is 0 Å². The third-order valence-electron chi connectivity index (χ3n) is 4.93. The standard InChI is InChI=1S/C17H32N4O2/c1-15(13-18-2)17(23)21-11-9-19(10-12-21)14-16(22)20-7-5-3-4-6-8-20/h15,18H,3-14H2,1-2H3. The molecule has 0 aromatic rings. The van der Waals surface area contributed by atoms with Crippen LogP contribution in [0.25, 0.3) is 0 Å². The van der Waals surface area contributed by atoms with Gasteiger partial charge in [-0.05, 0) is 19.9 Å². The van der Waals surface area contributed by atoms with Gasteiger partial charge in [0, 0.05) is 51.7 Å². The first-order chi connectivity index (χ1) is 11.1. The van der Waals surface area contributed by atoms with Gasteiger partial charge in [0.1, 0.15) is 0 Å². The van der Waals surface area contributed by atoms with Gasteiger partial charge in [-0.3, -0.25) is 14.5 Å². The maximum absolute atomic E-state index is 12.4. The van der Waals surface area contributed by atoms with Crippen molar-refractivity contribution < 1.29 is 9.59 Å². The highest BCUT2D eigenvalue weighted by atomic mass is 16.2. The molecule has 2 aliphatic heterocycles. The van der Waals surface area contributed by atoms with E-state index in [0.29, 0.717) is 13.1 Å². The van der Waals surface area contributed by atoms with Gasteiger partial charge < -0.3 is 15.1 Å². The minimum absolute atomic E-state index is 0.0188. The van der Waals surface area contributed by atoms with Crippen LogP contribution in [-0.2, 0) is 9.59 Å². The average molecular weight is 324 g/mol. The van der Waals surface area contributed by atoms with Gasteiger partial charge in [-0.25, -0.2) is 0 Å². The Balaban J connectivity index is 1.73. The van der Waals surface area contributed by atoms with Crippen LogP contribution in [0.15, 0.2) is 0 Å². The van der Waals surface area contributed by atoms with Crippen molar-refractivity contribution in [2.75, 3.05) is 59.4 Å². The molecule has 0 bridgehead atoms. The van der Waals surface area contributed by atoms with Crippen molar-refractivity contribution in [3.05, 3.63) is 0 Å². The van der Waals surface area contributed by atoms with Crippen LogP contribution in [0, 0.1) is 5.92 Å². The number of amides is 2. The first kappa shape index (κ1) is 18.2. The second kappa shape index (κ2) is 9.23. The van der Waals surface area contributed by atoms with Crippen molar-refractivity contribution in [1.82, 2.24) is 20.0 Å². The Morgan fingerprint density at radius 2 is 1.52 bits per heavy atom. The molecule has 1 atom stereocenters. The minimum Gasteiger partial charge on any atom is -0.342 e. The van der Waals surface area contributed by atoms with E-state index in [1.54, 1.807) is 0 Å². The highest BCUT2D eigenvalue weighted by Crippen LogP contribution is 2.11. The van der Waals surface area contributed by atoms with Crippen molar-refractivity contribution in [1.29, 1.82) is 0 Å². The monoisotopic (exact) mass is 324 g/mol. The molecular formula is C17H32N4O2. The molecule has 1 unspecified atom stereocenters. The largest absolute Gasteiger partial charge is 0.342 e. The van der Waals surface area contributed by atoms with E-state index < -0.39 is 0 Å². The number of nitrogens with zero attached hydrogens (tertiary/aromatic N) is 3. The van der Waals surface area contributed by atoms with Gasteiger partial charge in [-0.15, -0.1) is 0 Å². The molecule has 0 radical (unpaired) electrons. The van der Waals surface area contributed by atoms with Crippen LogP contribution in [0.2, 0.25) is 0 Å². The van der Waals surface area contributed by atoms with Gasteiger partial charge in [0.25, 0.3) is 0 Å². The summed E-state index contributed by atoms with van der Waals surface area (Å²) in [5.41, 5.74) is 0. The summed E-state index contributed by atoms with van der Waals surface area (Å²) < 4.78 is 0. The van der Waals surface area contributed by atoms with Crippen molar-refractivity contribution in [3.63, 3.8) is 0 Å². The molecule has 2 fully saturated rings. The lowest BCUT2D eigenvalue weighted by molar-refractivity contribution is -0.137. The third-order valence-corrected chi connectivity index (χ3v) is 4.93. The van der Waals surface area contributed by atoms with E-state index in [-0.39, 0.29) is 17.7 Å². The Bertz CT molecular complexity index is 386. The maximum Gasteiger partial charge on any atom is 0.236 e. The second-order valence-electron chi connectivity index (χ2n) is 6.86. The zero-order valence-corrected chi connectivity index (χ0v) is 14.7. The fourth-order valence-electron chi connectivity index (χ4n) is 3.44. The zero-order chi connectivity index (χ0) is 16.7. The van der Waals surface area contributed by atoms with Crippen LogP contribution < -0.4 is 5.32 Å². The SMILES string of the molecule is CNCC(C)C(=O)N1CCN(CC(=O)N2CCCCCC2)CC1. The normalized spacial score (nSPS) is 21.8. The van der Waals surface area contributed by atoms with E-state index >= 15 is 0 Å². The molecule has 2 amide bonds. The maximum atomic E-state index is 12.4. The molecule has 0 aromatic heterocycles. The van der Waals surface area contributed by atoms with E-state index in [0.717, 1.165) is 52.1 Å². The number of carbonyl (C=O) groups excluding carboxylic acids is 2. The molecule has 0 aromatic carbocycles. The lowest BCUT2D eigenvalue weighted by Gasteiger charge is -2.36. The molecule has 132 valence electrons. The summed E-state index contributed by atoms with van der Waals surface area (Å²) in [6.45, 7) is 8.10. The number of rotatable bonds is 5. The van der Waals surface area contributed by atoms with E-state index in [2.05, 4.69) is 10.2 Å². The predicted octanol–water partition coefficient (Wildman–Crippen LogP) is 0.389. The summed E-state index contributed by atoms with van der Waals surface area (Å²) in [5, 5.41) is 3.06. The summed E-state index contributed by atoms with van der Waals surface area (Å²) in [6.07, 6.45) is 4.76. The summed E-state index contributed by atoms with van der Waals surface area (Å²) in [6, 6.07) is 0.